The van der Waals surface area contributed by atoms with Crippen LogP contribution in [0.3, 0.4) is 0 Å². The van der Waals surface area contributed by atoms with E-state index < -0.39 is 6.10 Å². The van der Waals surface area contributed by atoms with Crippen molar-refractivity contribution in [1.82, 2.24) is 5.32 Å². The molecule has 0 aromatic carbocycles. The summed E-state index contributed by atoms with van der Waals surface area (Å²) in [4.78, 5) is 10.9. The Bertz CT molecular complexity index is 117. The molecular weight excluding hydrogens is 162 g/mol. The van der Waals surface area contributed by atoms with Crippen molar-refractivity contribution in [2.45, 2.75) is 19.4 Å². The highest BCUT2D eigenvalue weighted by Crippen LogP contribution is 1.94. The van der Waals surface area contributed by atoms with E-state index in [0.29, 0.717) is 13.0 Å². The van der Waals surface area contributed by atoms with Gasteiger partial charge in [-0.1, -0.05) is 0 Å². The number of aliphatic hydroxyl groups excluding tert-OH is 1. The predicted molar refractivity (Wildman–Crippen MR) is 47.7 cm³/mol. The van der Waals surface area contributed by atoms with E-state index in [1.54, 1.807) is 18.7 Å². The van der Waals surface area contributed by atoms with E-state index in [0.717, 1.165) is 5.75 Å². The van der Waals surface area contributed by atoms with Crippen LogP contribution < -0.4 is 5.32 Å². The molecule has 0 rings (SSSR count). The van der Waals surface area contributed by atoms with Gasteiger partial charge < -0.3 is 10.4 Å². The molecule has 0 unspecified atom stereocenters. The summed E-state index contributed by atoms with van der Waals surface area (Å²) in [6.07, 6.45) is 2.05. The molecule has 0 aliphatic heterocycles. The summed E-state index contributed by atoms with van der Waals surface area (Å²) in [5.74, 6) is 0.853. The Morgan fingerprint density at radius 1 is 1.73 bits per heavy atom. The second-order valence-electron chi connectivity index (χ2n) is 2.40. The Balaban J connectivity index is 3.23. The summed E-state index contributed by atoms with van der Waals surface area (Å²) in [7, 11) is 0. The number of carbonyl (C=O) groups is 1. The van der Waals surface area contributed by atoms with Crippen molar-refractivity contribution in [3.8, 4) is 0 Å². The second kappa shape index (κ2) is 6.49. The Morgan fingerprint density at radius 2 is 2.36 bits per heavy atom. The fraction of sp³-hybridized carbons (Fsp3) is 0.857. The van der Waals surface area contributed by atoms with Crippen LogP contribution in [0.2, 0.25) is 0 Å². The number of hydrogen-bond acceptors (Lipinski definition) is 3. The van der Waals surface area contributed by atoms with Crippen LogP contribution in [0.4, 0.5) is 0 Å². The van der Waals surface area contributed by atoms with Crippen molar-refractivity contribution in [2.24, 2.45) is 0 Å². The SMILES string of the molecule is CSCCC(=O)NC[C@@H](C)O. The third-order valence-corrected chi connectivity index (χ3v) is 1.74. The van der Waals surface area contributed by atoms with E-state index in [1.165, 1.54) is 0 Å². The van der Waals surface area contributed by atoms with Gasteiger partial charge in [0, 0.05) is 18.7 Å². The summed E-state index contributed by atoms with van der Waals surface area (Å²) >= 11 is 1.64. The lowest BCUT2D eigenvalue weighted by Gasteiger charge is -2.05. The molecule has 3 nitrogen and oxygen atoms in total. The summed E-state index contributed by atoms with van der Waals surface area (Å²) in [6, 6.07) is 0. The molecule has 0 aliphatic rings. The minimum absolute atomic E-state index is 0.0141. The third kappa shape index (κ3) is 7.68. The Kier molecular flexibility index (Phi) is 6.36. The lowest BCUT2D eigenvalue weighted by Crippen LogP contribution is -2.30. The molecule has 2 N–H and O–H groups in total. The molecule has 0 heterocycles. The standard InChI is InChI=1S/C7H15NO2S/c1-6(9)5-8-7(10)3-4-11-2/h6,9H,3-5H2,1-2H3,(H,8,10)/t6-/m1/s1. The molecule has 11 heavy (non-hydrogen) atoms. The van der Waals surface area contributed by atoms with E-state index >= 15 is 0 Å². The topological polar surface area (TPSA) is 49.3 Å². The average Bonchev–Trinajstić information content (AvgIpc) is 1.97. The van der Waals surface area contributed by atoms with Gasteiger partial charge in [-0.05, 0) is 13.2 Å². The zero-order valence-corrected chi connectivity index (χ0v) is 7.78. The quantitative estimate of drug-likeness (QED) is 0.632. The molecule has 0 radical (unpaired) electrons. The molecule has 4 heteroatoms. The van der Waals surface area contributed by atoms with Gasteiger partial charge in [0.2, 0.25) is 5.91 Å². The molecule has 0 bridgehead atoms. The molecule has 0 saturated heterocycles. The van der Waals surface area contributed by atoms with Gasteiger partial charge in [0.15, 0.2) is 0 Å². The maximum Gasteiger partial charge on any atom is 0.220 e. The van der Waals surface area contributed by atoms with Crippen LogP contribution in [0, 0.1) is 0 Å². The number of amides is 1. The number of carbonyl (C=O) groups excluding carboxylic acids is 1. The Labute approximate surface area is 71.6 Å². The predicted octanol–water partition coefficient (Wildman–Crippen LogP) is 0.236. The smallest absolute Gasteiger partial charge is 0.220 e. The number of hydrogen-bond donors (Lipinski definition) is 2. The first-order valence-electron chi connectivity index (χ1n) is 3.60. The van der Waals surface area contributed by atoms with Crippen molar-refractivity contribution < 1.29 is 9.90 Å². The van der Waals surface area contributed by atoms with Crippen LogP contribution in [0.1, 0.15) is 13.3 Å². The first-order valence-corrected chi connectivity index (χ1v) is 5.00. The van der Waals surface area contributed by atoms with Gasteiger partial charge in [-0.2, -0.15) is 11.8 Å². The highest BCUT2D eigenvalue weighted by atomic mass is 32.2. The number of aliphatic hydroxyl groups is 1. The van der Waals surface area contributed by atoms with Gasteiger partial charge in [-0.3, -0.25) is 4.79 Å². The third-order valence-electron chi connectivity index (χ3n) is 1.13. The molecule has 1 atom stereocenters. The fourth-order valence-electron chi connectivity index (χ4n) is 0.545. The highest BCUT2D eigenvalue weighted by molar-refractivity contribution is 7.98. The van der Waals surface area contributed by atoms with Gasteiger partial charge in [0.1, 0.15) is 0 Å². The van der Waals surface area contributed by atoms with E-state index in [-0.39, 0.29) is 5.91 Å². The number of nitrogens with one attached hydrogen (secondary N) is 1. The van der Waals surface area contributed by atoms with Crippen LogP contribution in [-0.2, 0) is 4.79 Å². The summed E-state index contributed by atoms with van der Waals surface area (Å²) < 4.78 is 0. The van der Waals surface area contributed by atoms with Crippen LogP contribution in [-0.4, -0.2) is 35.7 Å². The van der Waals surface area contributed by atoms with Gasteiger partial charge in [-0.25, -0.2) is 0 Å². The van der Waals surface area contributed by atoms with Crippen molar-refractivity contribution in [2.75, 3.05) is 18.6 Å². The Morgan fingerprint density at radius 3 is 2.82 bits per heavy atom. The van der Waals surface area contributed by atoms with Crippen LogP contribution in [0.25, 0.3) is 0 Å². The van der Waals surface area contributed by atoms with E-state index in [9.17, 15) is 4.79 Å². The minimum Gasteiger partial charge on any atom is -0.392 e. The van der Waals surface area contributed by atoms with Gasteiger partial charge in [0.05, 0.1) is 6.10 Å². The van der Waals surface area contributed by atoms with Crippen molar-refractivity contribution >= 4 is 17.7 Å². The average molecular weight is 177 g/mol. The van der Waals surface area contributed by atoms with Crippen LogP contribution in [0.5, 0.6) is 0 Å². The van der Waals surface area contributed by atoms with Crippen molar-refractivity contribution in [1.29, 1.82) is 0 Å². The summed E-state index contributed by atoms with van der Waals surface area (Å²) in [5, 5.41) is 11.4. The van der Waals surface area contributed by atoms with Gasteiger partial charge >= 0.3 is 0 Å². The highest BCUT2D eigenvalue weighted by Gasteiger charge is 2.00. The zero-order valence-electron chi connectivity index (χ0n) is 6.96. The molecule has 0 aromatic rings. The fourth-order valence-corrected chi connectivity index (χ4v) is 0.934. The van der Waals surface area contributed by atoms with Crippen LogP contribution in [0.15, 0.2) is 0 Å². The van der Waals surface area contributed by atoms with Crippen molar-refractivity contribution in [3.05, 3.63) is 0 Å². The lowest BCUT2D eigenvalue weighted by atomic mass is 10.4. The second-order valence-corrected chi connectivity index (χ2v) is 3.38. The van der Waals surface area contributed by atoms with Crippen LogP contribution >= 0.6 is 11.8 Å². The lowest BCUT2D eigenvalue weighted by molar-refractivity contribution is -0.121. The minimum atomic E-state index is -0.451. The molecule has 1 amide bonds. The molecular formula is C7H15NO2S. The van der Waals surface area contributed by atoms with E-state index in [1.807, 2.05) is 6.26 Å². The van der Waals surface area contributed by atoms with E-state index in [4.69, 9.17) is 5.11 Å². The normalized spacial score (nSPS) is 12.6. The monoisotopic (exact) mass is 177 g/mol. The largest absolute Gasteiger partial charge is 0.392 e. The molecule has 66 valence electrons. The molecule has 0 fully saturated rings. The first-order chi connectivity index (χ1) is 5.16. The molecule has 0 saturated carbocycles. The summed E-state index contributed by atoms with van der Waals surface area (Å²) in [6.45, 7) is 2.00. The van der Waals surface area contributed by atoms with E-state index in [2.05, 4.69) is 5.32 Å². The molecule has 0 aromatic heterocycles. The van der Waals surface area contributed by atoms with Gasteiger partial charge in [0.25, 0.3) is 0 Å². The maximum absolute atomic E-state index is 10.9. The maximum atomic E-state index is 10.9. The summed E-state index contributed by atoms with van der Waals surface area (Å²) in [5.41, 5.74) is 0. The molecule has 0 spiro atoms. The zero-order chi connectivity index (χ0) is 8.69. The molecule has 0 aliphatic carbocycles. The van der Waals surface area contributed by atoms with Gasteiger partial charge in [-0.15, -0.1) is 0 Å². The Hall–Kier alpha value is -0.220. The number of rotatable bonds is 5. The first kappa shape index (κ1) is 10.8. The van der Waals surface area contributed by atoms with Crippen molar-refractivity contribution in [3.63, 3.8) is 0 Å². The number of thioether (sulfide) groups is 1.